The second kappa shape index (κ2) is 10.8. The minimum atomic E-state index is -0.733. The lowest BCUT2D eigenvalue weighted by molar-refractivity contribution is -0.140. The lowest BCUT2D eigenvalue weighted by atomic mass is 9.95. The average molecular weight is 440 g/mol. The van der Waals surface area contributed by atoms with Crippen LogP contribution < -0.4 is 9.47 Å². The lowest BCUT2D eigenvalue weighted by Gasteiger charge is -2.25. The third-order valence-electron chi connectivity index (χ3n) is 5.19. The third-order valence-corrected chi connectivity index (χ3v) is 5.19. The van der Waals surface area contributed by atoms with Crippen LogP contribution in [-0.2, 0) is 14.3 Å². The van der Waals surface area contributed by atoms with Crippen LogP contribution in [0.5, 0.6) is 11.5 Å². The third kappa shape index (κ3) is 4.94. The summed E-state index contributed by atoms with van der Waals surface area (Å²) in [6.45, 7) is 5.47. The zero-order chi connectivity index (χ0) is 23.1. The number of hydrogen-bond donors (Lipinski definition) is 1. The Bertz CT molecular complexity index is 999. The molecule has 0 bridgehead atoms. The summed E-state index contributed by atoms with van der Waals surface area (Å²) >= 11 is 0. The van der Waals surface area contributed by atoms with Crippen molar-refractivity contribution < 1.29 is 28.9 Å². The molecule has 1 aliphatic heterocycles. The van der Waals surface area contributed by atoms with E-state index < -0.39 is 17.7 Å². The number of amides is 1. The molecular formula is C25H29NO6. The van der Waals surface area contributed by atoms with Crippen LogP contribution in [0.4, 0.5) is 0 Å². The molecule has 0 aromatic heterocycles. The standard InChI is InChI=1S/C25H29NO6/c1-4-31-19-11-6-9-17(15-19)22-21(24(28)25(29)26(22)13-8-14-30-3)23(27)18-10-7-12-20(16-18)32-5-2/h6-7,9-12,15-16,22,27H,4-5,8,13-14H2,1-3H3/b23-21-. The van der Waals surface area contributed by atoms with Crippen LogP contribution in [0.15, 0.2) is 54.1 Å². The maximum absolute atomic E-state index is 13.1. The number of carbonyl (C=O) groups excluding carboxylic acids is 2. The van der Waals surface area contributed by atoms with Gasteiger partial charge in [-0.25, -0.2) is 0 Å². The molecule has 7 nitrogen and oxygen atoms in total. The van der Waals surface area contributed by atoms with Crippen molar-refractivity contribution in [2.45, 2.75) is 26.3 Å². The van der Waals surface area contributed by atoms with Crippen LogP contribution in [0.3, 0.4) is 0 Å². The van der Waals surface area contributed by atoms with Crippen molar-refractivity contribution in [3.8, 4) is 11.5 Å². The fraction of sp³-hybridized carbons (Fsp3) is 0.360. The van der Waals surface area contributed by atoms with Crippen LogP contribution in [0.25, 0.3) is 5.76 Å². The van der Waals surface area contributed by atoms with Crippen LogP contribution in [0.2, 0.25) is 0 Å². The molecule has 32 heavy (non-hydrogen) atoms. The number of Topliss-reactive ketones (excluding diaryl/α,β-unsaturated/α-hetero) is 1. The molecule has 2 aromatic rings. The number of aliphatic hydroxyl groups excluding tert-OH is 1. The zero-order valence-corrected chi connectivity index (χ0v) is 18.7. The maximum atomic E-state index is 13.1. The summed E-state index contributed by atoms with van der Waals surface area (Å²) < 4.78 is 16.3. The fourth-order valence-corrected chi connectivity index (χ4v) is 3.83. The molecule has 1 fully saturated rings. The summed E-state index contributed by atoms with van der Waals surface area (Å²) in [7, 11) is 1.59. The van der Waals surface area contributed by atoms with E-state index in [2.05, 4.69) is 0 Å². The van der Waals surface area contributed by atoms with Crippen LogP contribution in [0, 0.1) is 0 Å². The average Bonchev–Trinajstić information content (AvgIpc) is 3.05. The largest absolute Gasteiger partial charge is 0.507 e. The van der Waals surface area contributed by atoms with Gasteiger partial charge in [-0.15, -0.1) is 0 Å². The highest BCUT2D eigenvalue weighted by molar-refractivity contribution is 6.46. The topological polar surface area (TPSA) is 85.3 Å². The maximum Gasteiger partial charge on any atom is 0.295 e. The van der Waals surface area contributed by atoms with Crippen molar-refractivity contribution in [3.63, 3.8) is 0 Å². The van der Waals surface area contributed by atoms with Crippen LogP contribution in [-0.4, -0.2) is 55.2 Å². The quantitative estimate of drug-likeness (QED) is 0.261. The number of likely N-dealkylation sites (tertiary alicyclic amines) is 1. The Morgan fingerprint density at radius 2 is 1.66 bits per heavy atom. The smallest absolute Gasteiger partial charge is 0.295 e. The Morgan fingerprint density at radius 3 is 2.31 bits per heavy atom. The normalized spacial score (nSPS) is 17.6. The van der Waals surface area contributed by atoms with Gasteiger partial charge >= 0.3 is 0 Å². The minimum absolute atomic E-state index is 0.0507. The number of nitrogens with zero attached hydrogens (tertiary/aromatic N) is 1. The second-order valence-corrected chi connectivity index (χ2v) is 7.31. The molecule has 1 amide bonds. The van der Waals surface area contributed by atoms with Crippen molar-refractivity contribution in [2.24, 2.45) is 0 Å². The molecule has 2 aromatic carbocycles. The van der Waals surface area contributed by atoms with E-state index in [0.29, 0.717) is 55.4 Å². The van der Waals surface area contributed by atoms with Gasteiger partial charge in [0.1, 0.15) is 17.3 Å². The Morgan fingerprint density at radius 1 is 1.00 bits per heavy atom. The van der Waals surface area contributed by atoms with Gasteiger partial charge in [0, 0.05) is 25.8 Å². The van der Waals surface area contributed by atoms with Crippen molar-refractivity contribution in [1.29, 1.82) is 0 Å². The van der Waals surface area contributed by atoms with E-state index in [-0.39, 0.29) is 11.3 Å². The highest BCUT2D eigenvalue weighted by Gasteiger charge is 2.45. The molecule has 0 aliphatic carbocycles. The summed E-state index contributed by atoms with van der Waals surface area (Å²) in [5.74, 6) is -0.387. The van der Waals surface area contributed by atoms with Gasteiger partial charge in [0.25, 0.3) is 11.7 Å². The summed E-state index contributed by atoms with van der Waals surface area (Å²) in [6, 6.07) is 13.4. The lowest BCUT2D eigenvalue weighted by Crippen LogP contribution is -2.31. The fourth-order valence-electron chi connectivity index (χ4n) is 3.83. The van der Waals surface area contributed by atoms with E-state index in [1.165, 1.54) is 4.90 Å². The number of carbonyl (C=O) groups is 2. The molecule has 1 N–H and O–H groups in total. The number of ether oxygens (including phenoxy) is 3. The monoisotopic (exact) mass is 439 g/mol. The number of rotatable bonds is 10. The Hall–Kier alpha value is -3.32. The second-order valence-electron chi connectivity index (χ2n) is 7.31. The molecule has 1 saturated heterocycles. The van der Waals surface area contributed by atoms with E-state index in [4.69, 9.17) is 14.2 Å². The summed E-state index contributed by atoms with van der Waals surface area (Å²) in [6.07, 6.45) is 0.561. The molecule has 1 aliphatic rings. The summed E-state index contributed by atoms with van der Waals surface area (Å²) in [5, 5.41) is 11.2. The molecule has 170 valence electrons. The van der Waals surface area contributed by atoms with E-state index in [0.717, 1.165) is 0 Å². The van der Waals surface area contributed by atoms with Gasteiger partial charge in [0.05, 0.1) is 24.8 Å². The first-order valence-corrected chi connectivity index (χ1v) is 10.7. The van der Waals surface area contributed by atoms with Gasteiger partial charge in [-0.1, -0.05) is 24.3 Å². The molecule has 0 saturated carbocycles. The van der Waals surface area contributed by atoms with E-state index in [1.54, 1.807) is 37.4 Å². The first-order chi connectivity index (χ1) is 15.5. The molecule has 1 unspecified atom stereocenters. The van der Waals surface area contributed by atoms with E-state index in [1.807, 2.05) is 32.0 Å². The van der Waals surface area contributed by atoms with Crippen molar-refractivity contribution in [3.05, 3.63) is 65.2 Å². The first kappa shape index (κ1) is 23.3. The zero-order valence-electron chi connectivity index (χ0n) is 18.7. The van der Waals surface area contributed by atoms with Gasteiger partial charge in [0.2, 0.25) is 0 Å². The number of ketones is 1. The SMILES string of the molecule is CCOc1cccc(/C(O)=C2/C(=O)C(=O)N(CCCOC)C2c2cccc(OCC)c2)c1. The Balaban J connectivity index is 2.12. The first-order valence-electron chi connectivity index (χ1n) is 10.7. The molecule has 0 radical (unpaired) electrons. The molecule has 1 atom stereocenters. The van der Waals surface area contributed by atoms with Gasteiger partial charge in [0.15, 0.2) is 0 Å². The number of benzene rings is 2. The van der Waals surface area contributed by atoms with E-state index >= 15 is 0 Å². The van der Waals surface area contributed by atoms with Gasteiger partial charge in [-0.2, -0.15) is 0 Å². The number of methoxy groups -OCH3 is 1. The predicted octanol–water partition coefficient (Wildman–Crippen LogP) is 3.94. The number of aliphatic hydroxyl groups is 1. The minimum Gasteiger partial charge on any atom is -0.507 e. The highest BCUT2D eigenvalue weighted by atomic mass is 16.5. The van der Waals surface area contributed by atoms with Crippen molar-refractivity contribution >= 4 is 17.4 Å². The van der Waals surface area contributed by atoms with Gasteiger partial charge in [-0.05, 0) is 50.1 Å². The Kier molecular flexibility index (Phi) is 7.89. The van der Waals surface area contributed by atoms with Crippen LogP contribution in [0.1, 0.15) is 37.4 Å². The van der Waals surface area contributed by atoms with Gasteiger partial charge in [-0.3, -0.25) is 9.59 Å². The predicted molar refractivity (Wildman–Crippen MR) is 121 cm³/mol. The highest BCUT2D eigenvalue weighted by Crippen LogP contribution is 2.40. The summed E-state index contributed by atoms with van der Waals surface area (Å²) in [5.41, 5.74) is 1.15. The molecular weight excluding hydrogens is 410 g/mol. The van der Waals surface area contributed by atoms with Crippen molar-refractivity contribution in [1.82, 2.24) is 4.90 Å². The van der Waals surface area contributed by atoms with E-state index in [9.17, 15) is 14.7 Å². The van der Waals surface area contributed by atoms with Crippen LogP contribution >= 0.6 is 0 Å². The molecule has 3 rings (SSSR count). The van der Waals surface area contributed by atoms with Gasteiger partial charge < -0.3 is 24.2 Å². The summed E-state index contributed by atoms with van der Waals surface area (Å²) in [4.78, 5) is 27.5. The molecule has 1 heterocycles. The Labute approximate surface area is 188 Å². The van der Waals surface area contributed by atoms with Crippen molar-refractivity contribution in [2.75, 3.05) is 33.5 Å². The molecule has 0 spiro atoms. The molecule has 7 heteroatoms. The number of hydrogen-bond acceptors (Lipinski definition) is 6.